The van der Waals surface area contributed by atoms with Crippen molar-refractivity contribution < 1.29 is 0 Å². The monoisotopic (exact) mass is 222 g/mol. The van der Waals surface area contributed by atoms with Crippen LogP contribution in [-0.2, 0) is 6.54 Å². The molecule has 0 unspecified atom stereocenters. The lowest BCUT2D eigenvalue weighted by Gasteiger charge is -2.25. The number of aromatic nitrogens is 2. The number of nitrogen functional groups attached to an aromatic ring is 1. The molecule has 16 heavy (non-hydrogen) atoms. The molecule has 0 saturated heterocycles. The molecule has 0 aliphatic heterocycles. The van der Waals surface area contributed by atoms with E-state index in [-0.39, 0.29) is 5.41 Å². The topological polar surface area (TPSA) is 55.0 Å². The maximum Gasteiger partial charge on any atom is 0.144 e. The Balaban J connectivity index is 2.66. The van der Waals surface area contributed by atoms with Crippen LogP contribution in [0.25, 0.3) is 0 Å². The fourth-order valence-electron chi connectivity index (χ4n) is 1.83. The third kappa shape index (κ3) is 4.57. The zero-order valence-electron chi connectivity index (χ0n) is 10.9. The average Bonchev–Trinajstić information content (AvgIpc) is 1.96. The van der Waals surface area contributed by atoms with Gasteiger partial charge in [0, 0.05) is 18.3 Å². The van der Waals surface area contributed by atoms with Crippen molar-refractivity contribution in [3.05, 3.63) is 17.6 Å². The van der Waals surface area contributed by atoms with Gasteiger partial charge in [0.05, 0.1) is 6.54 Å². The number of nitrogens with zero attached hydrogens (tertiary/aromatic N) is 3. The Morgan fingerprint density at radius 1 is 1.31 bits per heavy atom. The van der Waals surface area contributed by atoms with Crippen molar-refractivity contribution in [1.29, 1.82) is 0 Å². The van der Waals surface area contributed by atoms with Crippen LogP contribution in [0.3, 0.4) is 0 Å². The standard InChI is InChI=1S/C12H22N4/c1-9-6-10(13)15-11(14-9)7-16(5)8-12(2,3)4/h6H,7-8H2,1-5H3,(H2,13,14,15). The van der Waals surface area contributed by atoms with Gasteiger partial charge in [-0.1, -0.05) is 20.8 Å². The molecular weight excluding hydrogens is 200 g/mol. The summed E-state index contributed by atoms with van der Waals surface area (Å²) in [6.45, 7) is 10.3. The zero-order valence-corrected chi connectivity index (χ0v) is 10.9. The molecule has 0 saturated carbocycles. The first-order chi connectivity index (χ1) is 7.26. The van der Waals surface area contributed by atoms with Gasteiger partial charge in [0.2, 0.25) is 0 Å². The lowest BCUT2D eigenvalue weighted by molar-refractivity contribution is 0.217. The summed E-state index contributed by atoms with van der Waals surface area (Å²) in [7, 11) is 2.08. The summed E-state index contributed by atoms with van der Waals surface area (Å²) in [5.41, 5.74) is 6.90. The van der Waals surface area contributed by atoms with E-state index in [1.807, 2.05) is 6.92 Å². The molecule has 0 atom stereocenters. The van der Waals surface area contributed by atoms with E-state index in [4.69, 9.17) is 5.73 Å². The van der Waals surface area contributed by atoms with Crippen LogP contribution in [0.1, 0.15) is 32.3 Å². The van der Waals surface area contributed by atoms with Gasteiger partial charge in [-0.2, -0.15) is 0 Å². The molecule has 1 aromatic rings. The molecular formula is C12H22N4. The minimum atomic E-state index is 0.282. The fraction of sp³-hybridized carbons (Fsp3) is 0.667. The summed E-state index contributed by atoms with van der Waals surface area (Å²) in [5, 5.41) is 0. The minimum absolute atomic E-state index is 0.282. The van der Waals surface area contributed by atoms with Gasteiger partial charge in [-0.25, -0.2) is 9.97 Å². The van der Waals surface area contributed by atoms with E-state index in [1.165, 1.54) is 0 Å². The average molecular weight is 222 g/mol. The highest BCUT2D eigenvalue weighted by atomic mass is 15.1. The Labute approximate surface area is 97.9 Å². The lowest BCUT2D eigenvalue weighted by Crippen LogP contribution is -2.29. The summed E-state index contributed by atoms with van der Waals surface area (Å²) >= 11 is 0. The number of hydrogen-bond donors (Lipinski definition) is 1. The molecule has 1 aromatic heterocycles. The van der Waals surface area contributed by atoms with Crippen LogP contribution in [-0.4, -0.2) is 28.5 Å². The predicted octanol–water partition coefficient (Wildman–Crippen LogP) is 1.85. The SMILES string of the molecule is Cc1cc(N)nc(CN(C)CC(C)(C)C)n1. The van der Waals surface area contributed by atoms with Crippen molar-refractivity contribution in [2.45, 2.75) is 34.2 Å². The first kappa shape index (κ1) is 12.9. The largest absolute Gasteiger partial charge is 0.384 e. The molecule has 0 aromatic carbocycles. The van der Waals surface area contributed by atoms with Gasteiger partial charge in [-0.05, 0) is 19.4 Å². The highest BCUT2D eigenvalue weighted by Crippen LogP contribution is 2.15. The van der Waals surface area contributed by atoms with Gasteiger partial charge in [0.25, 0.3) is 0 Å². The van der Waals surface area contributed by atoms with Crippen molar-refractivity contribution in [2.24, 2.45) is 5.41 Å². The molecule has 1 heterocycles. The van der Waals surface area contributed by atoms with E-state index in [1.54, 1.807) is 6.07 Å². The summed E-state index contributed by atoms with van der Waals surface area (Å²) in [5.74, 6) is 1.34. The molecule has 0 radical (unpaired) electrons. The molecule has 2 N–H and O–H groups in total. The van der Waals surface area contributed by atoms with Crippen molar-refractivity contribution >= 4 is 5.82 Å². The van der Waals surface area contributed by atoms with Crippen LogP contribution in [0.4, 0.5) is 5.82 Å². The van der Waals surface area contributed by atoms with E-state index >= 15 is 0 Å². The van der Waals surface area contributed by atoms with Crippen LogP contribution >= 0.6 is 0 Å². The number of rotatable bonds is 3. The van der Waals surface area contributed by atoms with Crippen LogP contribution in [0, 0.1) is 12.3 Å². The first-order valence-corrected chi connectivity index (χ1v) is 5.55. The van der Waals surface area contributed by atoms with Gasteiger partial charge in [-0.3, -0.25) is 4.90 Å². The third-order valence-electron chi connectivity index (χ3n) is 2.08. The summed E-state index contributed by atoms with van der Waals surface area (Å²) < 4.78 is 0. The Bertz CT molecular complexity index is 334. The smallest absolute Gasteiger partial charge is 0.144 e. The molecule has 0 fully saturated rings. The fourth-order valence-corrected chi connectivity index (χ4v) is 1.83. The molecule has 1 rings (SSSR count). The number of anilines is 1. The van der Waals surface area contributed by atoms with Crippen molar-refractivity contribution in [3.63, 3.8) is 0 Å². The highest BCUT2D eigenvalue weighted by Gasteiger charge is 2.14. The Morgan fingerprint density at radius 3 is 2.44 bits per heavy atom. The first-order valence-electron chi connectivity index (χ1n) is 5.55. The van der Waals surface area contributed by atoms with E-state index < -0.39 is 0 Å². The molecule has 0 spiro atoms. The zero-order chi connectivity index (χ0) is 12.3. The maximum absolute atomic E-state index is 5.69. The quantitative estimate of drug-likeness (QED) is 0.848. The maximum atomic E-state index is 5.69. The Morgan fingerprint density at radius 2 is 1.94 bits per heavy atom. The van der Waals surface area contributed by atoms with Crippen molar-refractivity contribution in [3.8, 4) is 0 Å². The second-order valence-electron chi connectivity index (χ2n) is 5.58. The number of nitrogens with two attached hydrogens (primary N) is 1. The Kier molecular flexibility index (Phi) is 3.86. The second-order valence-corrected chi connectivity index (χ2v) is 5.58. The second kappa shape index (κ2) is 4.78. The van der Waals surface area contributed by atoms with Gasteiger partial charge in [0.15, 0.2) is 0 Å². The Hall–Kier alpha value is -1.16. The minimum Gasteiger partial charge on any atom is -0.384 e. The van der Waals surface area contributed by atoms with Crippen molar-refractivity contribution in [2.75, 3.05) is 19.3 Å². The van der Waals surface area contributed by atoms with E-state index in [9.17, 15) is 0 Å². The summed E-state index contributed by atoms with van der Waals surface area (Å²) in [4.78, 5) is 10.8. The van der Waals surface area contributed by atoms with Crippen LogP contribution in [0.2, 0.25) is 0 Å². The lowest BCUT2D eigenvalue weighted by atomic mass is 9.96. The van der Waals surface area contributed by atoms with Gasteiger partial charge >= 0.3 is 0 Å². The third-order valence-corrected chi connectivity index (χ3v) is 2.08. The van der Waals surface area contributed by atoms with Crippen molar-refractivity contribution in [1.82, 2.24) is 14.9 Å². The van der Waals surface area contributed by atoms with Crippen LogP contribution in [0.5, 0.6) is 0 Å². The summed E-state index contributed by atoms with van der Waals surface area (Å²) in [6.07, 6.45) is 0. The van der Waals surface area contributed by atoms with E-state index in [0.29, 0.717) is 5.82 Å². The molecule has 90 valence electrons. The van der Waals surface area contributed by atoms with E-state index in [2.05, 4.69) is 42.7 Å². The number of aryl methyl sites for hydroxylation is 1. The van der Waals surface area contributed by atoms with Gasteiger partial charge in [0.1, 0.15) is 11.6 Å². The highest BCUT2D eigenvalue weighted by molar-refractivity contribution is 5.29. The normalized spacial score (nSPS) is 12.1. The van der Waals surface area contributed by atoms with E-state index in [0.717, 1.165) is 24.6 Å². The molecule has 0 amide bonds. The molecule has 4 nitrogen and oxygen atoms in total. The predicted molar refractivity (Wildman–Crippen MR) is 67.0 cm³/mol. The molecule has 0 aliphatic carbocycles. The number of hydrogen-bond acceptors (Lipinski definition) is 4. The molecule has 0 aliphatic rings. The molecule has 0 bridgehead atoms. The van der Waals surface area contributed by atoms with Crippen LogP contribution in [0.15, 0.2) is 6.07 Å². The molecule has 4 heteroatoms. The van der Waals surface area contributed by atoms with Gasteiger partial charge in [-0.15, -0.1) is 0 Å². The summed E-state index contributed by atoms with van der Waals surface area (Å²) in [6, 6.07) is 1.78. The van der Waals surface area contributed by atoms with Crippen LogP contribution < -0.4 is 5.73 Å². The van der Waals surface area contributed by atoms with Gasteiger partial charge < -0.3 is 5.73 Å².